The van der Waals surface area contributed by atoms with E-state index < -0.39 is 52.8 Å². The molecule has 0 atom stereocenters. The Kier molecular flexibility index (Phi) is 9.19. The van der Waals surface area contributed by atoms with E-state index in [-0.39, 0.29) is 43.0 Å². The number of benzene rings is 5. The average Bonchev–Trinajstić information content (AvgIpc) is 2.98. The smallest absolute Gasteiger partial charge is 0.296 e. The molecule has 5 rings (SSSR count). The molecular weight excluding hydrogens is 705 g/mol. The van der Waals surface area contributed by atoms with Crippen molar-refractivity contribution in [1.82, 2.24) is 0 Å². The molecule has 0 fully saturated rings. The van der Waals surface area contributed by atoms with Crippen LogP contribution in [0.2, 0.25) is 15.1 Å². The maximum absolute atomic E-state index is 12.4. The van der Waals surface area contributed by atoms with Gasteiger partial charge in [0.2, 0.25) is 0 Å². The van der Waals surface area contributed by atoms with Crippen LogP contribution < -0.4 is 10.5 Å². The summed E-state index contributed by atoms with van der Waals surface area (Å²) in [5.74, 6) is -0.373. The van der Waals surface area contributed by atoms with Gasteiger partial charge in [-0.2, -0.15) is 16.8 Å². The molecule has 0 spiro atoms. The molecule has 5 aromatic rings. The first-order valence-electron chi connectivity index (χ1n) is 12.5. The number of anilines is 1. The van der Waals surface area contributed by atoms with Crippen LogP contribution in [0, 0.1) is 0 Å². The summed E-state index contributed by atoms with van der Waals surface area (Å²) in [6, 6.07) is 18.6. The molecule has 46 heavy (non-hydrogen) atoms. The van der Waals surface area contributed by atoms with E-state index in [2.05, 4.69) is 20.5 Å². The molecule has 0 radical (unpaired) electrons. The summed E-state index contributed by atoms with van der Waals surface area (Å²) < 4.78 is 75.3. The van der Waals surface area contributed by atoms with Crippen LogP contribution in [-0.2, 0) is 20.2 Å². The Morgan fingerprint density at radius 2 is 1.22 bits per heavy atom. The standard InChI is InChI=1S/C28H18Cl3N5O8S2/c29-15-6-8-18(31)19(12-15)33-35-26-22(45(38,39)40)10-14-11-23(46(41,42)43)27(28(37)24(14)25(26)32)36-34-20-13-16(30)7-9-21(20)44-17-4-2-1-3-5-17/h1-13,37H,32H2,(H,38,39,40)(H,41,42,43). The Balaban J connectivity index is 1.74. The molecule has 5 N–H and O–H groups in total. The summed E-state index contributed by atoms with van der Waals surface area (Å²) in [4.78, 5) is -1.88. The minimum Gasteiger partial charge on any atom is -0.505 e. The third-order valence-corrected chi connectivity index (χ3v) is 8.71. The Morgan fingerprint density at radius 1 is 0.674 bits per heavy atom. The van der Waals surface area contributed by atoms with Crippen molar-refractivity contribution in [3.8, 4) is 17.2 Å². The number of fused-ring (bicyclic) bond motifs is 1. The summed E-state index contributed by atoms with van der Waals surface area (Å²) in [6.07, 6.45) is 0. The molecular formula is C28H18Cl3N5O8S2. The number of azo groups is 2. The van der Waals surface area contributed by atoms with E-state index in [0.29, 0.717) is 5.75 Å². The van der Waals surface area contributed by atoms with Crippen molar-refractivity contribution >= 4 is 94.2 Å². The fraction of sp³-hybridized carbons (Fsp3) is 0. The minimum absolute atomic E-state index is 0.000258. The third-order valence-electron chi connectivity index (χ3n) is 6.19. The average molecular weight is 723 g/mol. The number of para-hydroxylation sites is 1. The molecule has 13 nitrogen and oxygen atoms in total. The van der Waals surface area contributed by atoms with E-state index in [0.717, 1.165) is 12.1 Å². The van der Waals surface area contributed by atoms with Crippen molar-refractivity contribution in [1.29, 1.82) is 0 Å². The second-order valence-electron chi connectivity index (χ2n) is 9.28. The molecule has 0 aliphatic rings. The SMILES string of the molecule is Nc1c(N=Nc2cc(Cl)ccc2Cl)c(S(=O)(=O)O)cc2cc(S(=O)(=O)O)c(N=Nc3cc(Cl)ccc3Oc3ccccc3)c(O)c12. The number of nitrogen functional groups attached to an aromatic ring is 1. The monoisotopic (exact) mass is 721 g/mol. The van der Waals surface area contributed by atoms with Crippen LogP contribution in [0.1, 0.15) is 0 Å². The van der Waals surface area contributed by atoms with Gasteiger partial charge < -0.3 is 15.6 Å². The summed E-state index contributed by atoms with van der Waals surface area (Å²) in [5, 5.41) is 26.7. The predicted molar refractivity (Wildman–Crippen MR) is 172 cm³/mol. The highest BCUT2D eigenvalue weighted by Crippen LogP contribution is 2.49. The number of phenolic OH excluding ortho intramolecular Hbond substituents is 1. The second kappa shape index (κ2) is 12.8. The zero-order chi connectivity index (χ0) is 33.4. The van der Waals surface area contributed by atoms with Crippen LogP contribution in [0.4, 0.5) is 28.4 Å². The molecule has 0 aromatic heterocycles. The zero-order valence-corrected chi connectivity index (χ0v) is 26.6. The first kappa shape index (κ1) is 33.0. The highest BCUT2D eigenvalue weighted by molar-refractivity contribution is 7.86. The topological polar surface area (TPSA) is 214 Å². The van der Waals surface area contributed by atoms with E-state index in [4.69, 9.17) is 45.3 Å². The normalized spacial score (nSPS) is 12.4. The van der Waals surface area contributed by atoms with Gasteiger partial charge in [-0.25, -0.2) is 0 Å². The number of nitrogens with two attached hydrogens (primary N) is 1. The lowest BCUT2D eigenvalue weighted by Crippen LogP contribution is -2.03. The van der Waals surface area contributed by atoms with E-state index in [9.17, 15) is 31.0 Å². The van der Waals surface area contributed by atoms with E-state index >= 15 is 0 Å². The number of hydrogen-bond acceptors (Lipinski definition) is 11. The zero-order valence-electron chi connectivity index (χ0n) is 22.7. The van der Waals surface area contributed by atoms with Gasteiger partial charge in [-0.15, -0.1) is 20.5 Å². The largest absolute Gasteiger partial charge is 0.505 e. The van der Waals surface area contributed by atoms with Gasteiger partial charge in [0.1, 0.15) is 38.3 Å². The first-order chi connectivity index (χ1) is 21.6. The molecule has 5 aromatic carbocycles. The summed E-state index contributed by atoms with van der Waals surface area (Å²) in [5.41, 5.74) is 4.25. The molecule has 0 aliphatic carbocycles. The van der Waals surface area contributed by atoms with Gasteiger partial charge in [-0.3, -0.25) is 9.11 Å². The van der Waals surface area contributed by atoms with Crippen molar-refractivity contribution in [3.05, 3.63) is 93.9 Å². The lowest BCUT2D eigenvalue weighted by Gasteiger charge is -2.14. The highest BCUT2D eigenvalue weighted by atomic mass is 35.5. The molecule has 0 unspecified atom stereocenters. The Labute approximate surface area is 276 Å². The van der Waals surface area contributed by atoms with Gasteiger partial charge in [0, 0.05) is 10.0 Å². The molecule has 0 aliphatic heterocycles. The fourth-order valence-corrected chi connectivity index (χ4v) is 5.96. The quantitative estimate of drug-likeness (QED) is 0.0681. The van der Waals surface area contributed by atoms with Crippen LogP contribution >= 0.6 is 34.8 Å². The van der Waals surface area contributed by atoms with Crippen molar-refractivity contribution in [3.63, 3.8) is 0 Å². The van der Waals surface area contributed by atoms with E-state index in [1.165, 1.54) is 36.4 Å². The van der Waals surface area contributed by atoms with Gasteiger partial charge in [-0.1, -0.05) is 53.0 Å². The molecule has 236 valence electrons. The maximum atomic E-state index is 12.4. The van der Waals surface area contributed by atoms with Gasteiger partial charge >= 0.3 is 0 Å². The van der Waals surface area contributed by atoms with Gasteiger partial charge in [0.25, 0.3) is 20.2 Å². The minimum atomic E-state index is -5.14. The number of rotatable bonds is 8. The van der Waals surface area contributed by atoms with Crippen molar-refractivity contribution < 1.29 is 35.8 Å². The van der Waals surface area contributed by atoms with Gasteiger partial charge in [0.05, 0.1) is 16.1 Å². The van der Waals surface area contributed by atoms with Gasteiger partial charge in [-0.05, 0) is 66.0 Å². The van der Waals surface area contributed by atoms with Crippen molar-refractivity contribution in [2.24, 2.45) is 20.5 Å². The lowest BCUT2D eigenvalue weighted by atomic mass is 10.1. The molecule has 18 heteroatoms. The number of halogens is 3. The lowest BCUT2D eigenvalue weighted by molar-refractivity contribution is 0.472. The maximum Gasteiger partial charge on any atom is 0.296 e. The molecule has 0 heterocycles. The number of phenols is 1. The van der Waals surface area contributed by atoms with E-state index in [1.807, 2.05) is 0 Å². The van der Waals surface area contributed by atoms with Crippen LogP contribution in [0.5, 0.6) is 17.2 Å². The van der Waals surface area contributed by atoms with Crippen LogP contribution in [0.3, 0.4) is 0 Å². The number of ether oxygens (including phenoxy) is 1. The highest BCUT2D eigenvalue weighted by Gasteiger charge is 2.28. The first-order valence-corrected chi connectivity index (χ1v) is 16.5. The summed E-state index contributed by atoms with van der Waals surface area (Å²) in [6.45, 7) is 0. The van der Waals surface area contributed by atoms with Crippen LogP contribution in [0.25, 0.3) is 10.8 Å². The van der Waals surface area contributed by atoms with E-state index in [1.54, 1.807) is 30.3 Å². The van der Waals surface area contributed by atoms with Gasteiger partial charge in [0.15, 0.2) is 11.5 Å². The second-order valence-corrected chi connectivity index (χ2v) is 13.3. The Bertz CT molecular complexity index is 2300. The third kappa shape index (κ3) is 7.05. The van der Waals surface area contributed by atoms with Crippen LogP contribution in [-0.4, -0.2) is 31.0 Å². The predicted octanol–water partition coefficient (Wildman–Crippen LogP) is 9.20. The van der Waals surface area contributed by atoms with Crippen molar-refractivity contribution in [2.75, 3.05) is 5.73 Å². The summed E-state index contributed by atoms with van der Waals surface area (Å²) in [7, 11) is -10.2. The number of nitrogens with zero attached hydrogens (tertiary/aromatic N) is 4. The number of aromatic hydroxyl groups is 1. The van der Waals surface area contributed by atoms with Crippen LogP contribution in [0.15, 0.2) is 109 Å². The molecule has 0 saturated heterocycles. The molecule has 0 bridgehead atoms. The summed E-state index contributed by atoms with van der Waals surface area (Å²) >= 11 is 18.2. The van der Waals surface area contributed by atoms with Crippen molar-refractivity contribution in [2.45, 2.75) is 9.79 Å². The Hall–Kier alpha value is -4.35. The Morgan fingerprint density at radius 3 is 1.85 bits per heavy atom. The molecule has 0 saturated carbocycles. The number of hydrogen-bond donors (Lipinski definition) is 4. The fourth-order valence-electron chi connectivity index (χ4n) is 4.14. The molecule has 0 amide bonds.